The molecule has 2 aliphatic carbocycles. The molecule has 42 heavy (non-hydrogen) atoms. The Labute approximate surface area is 246 Å². The lowest BCUT2D eigenvalue weighted by Crippen LogP contribution is -2.58. The number of hydrogen-bond donors (Lipinski definition) is 3. The number of Topliss-reactive ketones (excluding diaryl/α,β-unsaturated/α-hetero) is 1. The van der Waals surface area contributed by atoms with Crippen LogP contribution in [0, 0.1) is 11.3 Å². The molecular formula is C31H42N6O5. The molecule has 3 heterocycles. The second-order valence-corrected chi connectivity index (χ2v) is 13.0. The molecule has 3 atom stereocenters. The van der Waals surface area contributed by atoms with E-state index in [0.717, 1.165) is 64.0 Å². The Kier molecular flexibility index (Phi) is 7.95. The highest BCUT2D eigenvalue weighted by Crippen LogP contribution is 2.55. The van der Waals surface area contributed by atoms with Gasteiger partial charge in [-0.2, -0.15) is 0 Å². The molecule has 1 aromatic rings. The van der Waals surface area contributed by atoms with Gasteiger partial charge in [-0.05, 0) is 88.1 Å². The van der Waals surface area contributed by atoms with E-state index in [4.69, 9.17) is 0 Å². The first kappa shape index (κ1) is 28.6. The van der Waals surface area contributed by atoms with Crippen LogP contribution in [0.1, 0.15) is 61.7 Å². The van der Waals surface area contributed by atoms with Crippen molar-refractivity contribution < 1.29 is 24.0 Å². The minimum absolute atomic E-state index is 0.00333. The fourth-order valence-corrected chi connectivity index (χ4v) is 6.59. The summed E-state index contributed by atoms with van der Waals surface area (Å²) in [6.45, 7) is 4.81. The number of carbonyl (C=O) groups is 5. The summed E-state index contributed by atoms with van der Waals surface area (Å²) >= 11 is 0. The Morgan fingerprint density at radius 1 is 0.976 bits per heavy atom. The topological polar surface area (TPSA) is 131 Å². The predicted molar refractivity (Wildman–Crippen MR) is 156 cm³/mol. The van der Waals surface area contributed by atoms with Crippen LogP contribution >= 0.6 is 0 Å². The Hall–Kier alpha value is -3.47. The zero-order valence-corrected chi connectivity index (χ0v) is 24.4. The van der Waals surface area contributed by atoms with E-state index in [0.29, 0.717) is 31.5 Å². The molecule has 3 N–H and O–H groups in total. The summed E-state index contributed by atoms with van der Waals surface area (Å²) in [6, 6.07) is 5.74. The molecule has 11 nitrogen and oxygen atoms in total. The molecule has 4 amide bonds. The quantitative estimate of drug-likeness (QED) is 0.368. The van der Waals surface area contributed by atoms with E-state index in [9.17, 15) is 24.0 Å². The number of rotatable bonds is 9. The van der Waals surface area contributed by atoms with Crippen LogP contribution in [0.2, 0.25) is 0 Å². The van der Waals surface area contributed by atoms with Crippen LogP contribution in [0.3, 0.4) is 0 Å². The number of likely N-dealkylation sites (tertiary alicyclic amines) is 1. The summed E-state index contributed by atoms with van der Waals surface area (Å²) < 4.78 is 0. The van der Waals surface area contributed by atoms with E-state index in [1.807, 2.05) is 24.3 Å². The Morgan fingerprint density at radius 2 is 1.69 bits per heavy atom. The van der Waals surface area contributed by atoms with Crippen LogP contribution in [0.25, 0.3) is 0 Å². The summed E-state index contributed by atoms with van der Waals surface area (Å²) in [5, 5.41) is 8.31. The van der Waals surface area contributed by atoms with E-state index in [2.05, 4.69) is 32.8 Å². The highest BCUT2D eigenvalue weighted by molar-refractivity contribution is 6.38. The van der Waals surface area contributed by atoms with Gasteiger partial charge in [-0.15, -0.1) is 0 Å². The van der Waals surface area contributed by atoms with Crippen molar-refractivity contribution in [1.29, 1.82) is 0 Å². The third-order valence-corrected chi connectivity index (χ3v) is 9.84. The smallest absolute Gasteiger partial charge is 0.289 e. The van der Waals surface area contributed by atoms with E-state index in [1.165, 1.54) is 0 Å². The average molecular weight is 579 g/mol. The van der Waals surface area contributed by atoms with Gasteiger partial charge in [0.15, 0.2) is 0 Å². The lowest BCUT2D eigenvalue weighted by Gasteiger charge is -2.39. The summed E-state index contributed by atoms with van der Waals surface area (Å²) in [6.07, 6.45) is 5.69. The molecule has 11 heteroatoms. The molecule has 5 fully saturated rings. The number of nitrogens with zero attached hydrogens (tertiary/aromatic N) is 3. The molecule has 1 unspecified atom stereocenters. The number of nitrogens with one attached hydrogen (secondary N) is 3. The first-order chi connectivity index (χ1) is 20.2. The summed E-state index contributed by atoms with van der Waals surface area (Å²) in [5.74, 6) is -2.72. The molecular weight excluding hydrogens is 536 g/mol. The fourth-order valence-electron chi connectivity index (χ4n) is 6.59. The minimum atomic E-state index is -1.12. The van der Waals surface area contributed by atoms with Crippen molar-refractivity contribution in [3.8, 4) is 0 Å². The van der Waals surface area contributed by atoms with Crippen molar-refractivity contribution in [3.63, 3.8) is 0 Å². The van der Waals surface area contributed by atoms with Crippen molar-refractivity contribution in [2.75, 3.05) is 51.2 Å². The largest absolute Gasteiger partial charge is 0.369 e. The van der Waals surface area contributed by atoms with Gasteiger partial charge in [0, 0.05) is 62.5 Å². The lowest BCUT2D eigenvalue weighted by molar-refractivity contribution is -0.141. The molecule has 0 radical (unpaired) electrons. The number of amides is 4. The second kappa shape index (κ2) is 11.7. The zero-order chi connectivity index (χ0) is 29.4. The molecule has 0 aromatic heterocycles. The molecule has 0 bridgehead atoms. The Bertz CT molecular complexity index is 1230. The normalized spacial score (nSPS) is 26.0. The van der Waals surface area contributed by atoms with Gasteiger partial charge in [0.05, 0.1) is 6.04 Å². The van der Waals surface area contributed by atoms with Crippen LogP contribution in [0.15, 0.2) is 24.3 Å². The van der Waals surface area contributed by atoms with Crippen molar-refractivity contribution >= 4 is 35.1 Å². The summed E-state index contributed by atoms with van der Waals surface area (Å²) in [7, 11) is 2.11. The maximum atomic E-state index is 13.9. The Morgan fingerprint density at radius 3 is 2.31 bits per heavy atom. The van der Waals surface area contributed by atoms with Gasteiger partial charge in [0.2, 0.25) is 17.6 Å². The van der Waals surface area contributed by atoms with Gasteiger partial charge in [0.25, 0.3) is 11.8 Å². The van der Waals surface area contributed by atoms with Crippen LogP contribution in [-0.2, 0) is 19.2 Å². The third kappa shape index (κ3) is 6.30. The SMILES string of the molecule is CN1CCN(c2ccc(C(=O)N3CCC4(CC4)C[C@H]3C(=O)NC(C[C@@H]3CCNC3=O)C(=O)C(=O)NC3CC3)cc2)CC1. The van der Waals surface area contributed by atoms with E-state index < -0.39 is 35.6 Å². The standard InChI is InChI=1S/C31H42N6O5/c1-35-14-16-36(17-15-35)23-6-2-20(3-7-23)30(42)37-13-11-31(9-10-31)19-25(37)28(40)34-24(18-21-8-12-32-27(21)39)26(38)29(41)33-22-4-5-22/h2-3,6-7,21-22,24-25H,4-5,8-19H2,1H3,(H,32,39)(H,33,41)(H,34,40)/t21-,24?,25-/m0/s1. The van der Waals surface area contributed by atoms with E-state index >= 15 is 0 Å². The van der Waals surface area contributed by atoms with Crippen LogP contribution in [0.5, 0.6) is 0 Å². The third-order valence-electron chi connectivity index (χ3n) is 9.84. The maximum Gasteiger partial charge on any atom is 0.289 e. The van der Waals surface area contributed by atoms with Gasteiger partial charge in [-0.3, -0.25) is 24.0 Å². The van der Waals surface area contributed by atoms with E-state index in [-0.39, 0.29) is 29.7 Å². The molecule has 6 rings (SSSR count). The van der Waals surface area contributed by atoms with Crippen LogP contribution in [-0.4, -0.2) is 104 Å². The molecule has 5 aliphatic rings. The number of ketones is 1. The average Bonchev–Trinajstić information content (AvgIpc) is 3.93. The first-order valence-electron chi connectivity index (χ1n) is 15.5. The highest BCUT2D eigenvalue weighted by atomic mass is 16.2. The lowest BCUT2D eigenvalue weighted by atomic mass is 9.86. The van der Waals surface area contributed by atoms with Crippen molar-refractivity contribution in [3.05, 3.63) is 29.8 Å². The van der Waals surface area contributed by atoms with Gasteiger partial charge in [0.1, 0.15) is 6.04 Å². The fraction of sp³-hybridized carbons (Fsp3) is 0.645. The minimum Gasteiger partial charge on any atom is -0.369 e. The summed E-state index contributed by atoms with van der Waals surface area (Å²) in [5.41, 5.74) is 1.65. The van der Waals surface area contributed by atoms with Crippen molar-refractivity contribution in [2.24, 2.45) is 11.3 Å². The molecule has 2 saturated carbocycles. The molecule has 3 saturated heterocycles. The van der Waals surface area contributed by atoms with Crippen LogP contribution < -0.4 is 20.9 Å². The molecule has 1 aromatic carbocycles. The van der Waals surface area contributed by atoms with Gasteiger partial charge in [-0.1, -0.05) is 0 Å². The predicted octanol–water partition coefficient (Wildman–Crippen LogP) is 0.682. The molecule has 3 aliphatic heterocycles. The number of piperidine rings is 1. The number of likely N-dealkylation sites (N-methyl/N-ethyl adjacent to an activating group) is 1. The number of benzene rings is 1. The van der Waals surface area contributed by atoms with Crippen molar-refractivity contribution in [1.82, 2.24) is 25.8 Å². The summed E-state index contributed by atoms with van der Waals surface area (Å²) in [4.78, 5) is 72.1. The highest BCUT2D eigenvalue weighted by Gasteiger charge is 2.51. The maximum absolute atomic E-state index is 13.9. The number of anilines is 1. The molecule has 1 spiro atoms. The monoisotopic (exact) mass is 578 g/mol. The Balaban J connectivity index is 1.17. The van der Waals surface area contributed by atoms with Gasteiger partial charge < -0.3 is 30.7 Å². The number of carbonyl (C=O) groups excluding carboxylic acids is 5. The molecule has 226 valence electrons. The van der Waals surface area contributed by atoms with Crippen LogP contribution in [0.4, 0.5) is 5.69 Å². The first-order valence-corrected chi connectivity index (χ1v) is 15.5. The number of piperazine rings is 1. The second-order valence-electron chi connectivity index (χ2n) is 13.0. The van der Waals surface area contributed by atoms with Crippen molar-refractivity contribution in [2.45, 2.75) is 69.5 Å². The van der Waals surface area contributed by atoms with E-state index in [1.54, 1.807) is 4.90 Å². The van der Waals surface area contributed by atoms with Gasteiger partial charge >= 0.3 is 0 Å². The zero-order valence-electron chi connectivity index (χ0n) is 24.4. The van der Waals surface area contributed by atoms with Gasteiger partial charge in [-0.25, -0.2) is 0 Å². The number of hydrogen-bond acceptors (Lipinski definition) is 7.